The molecule has 1 aromatic heterocycles. The van der Waals surface area contributed by atoms with E-state index in [9.17, 15) is 0 Å². The van der Waals surface area contributed by atoms with Crippen molar-refractivity contribution in [2.75, 3.05) is 6.61 Å². The van der Waals surface area contributed by atoms with Crippen molar-refractivity contribution in [1.29, 1.82) is 0 Å². The molecule has 0 fully saturated rings. The van der Waals surface area contributed by atoms with E-state index in [1.807, 2.05) is 0 Å². The summed E-state index contributed by atoms with van der Waals surface area (Å²) in [4.78, 5) is 0. The fourth-order valence-electron chi connectivity index (χ4n) is 0.658. The molecule has 0 radical (unpaired) electrons. The van der Waals surface area contributed by atoms with E-state index in [0.29, 0.717) is 5.89 Å². The van der Waals surface area contributed by atoms with Crippen LogP contribution in [0.5, 0.6) is 0 Å². The predicted octanol–water partition coefficient (Wildman–Crippen LogP) is -0.919. The normalized spacial score (nSPS) is 16.0. The molecule has 5 N–H and O–H groups in total. The highest BCUT2D eigenvalue weighted by molar-refractivity contribution is 4.90. The summed E-state index contributed by atoms with van der Waals surface area (Å²) < 4.78 is 5.07. The van der Waals surface area contributed by atoms with E-state index in [0.717, 1.165) is 0 Å². The zero-order valence-electron chi connectivity index (χ0n) is 6.77. The molecule has 6 nitrogen and oxygen atoms in total. The Morgan fingerprint density at radius 3 is 2.42 bits per heavy atom. The fourth-order valence-corrected chi connectivity index (χ4v) is 0.658. The number of rotatable bonds is 3. The Hall–Kier alpha value is -0.980. The number of nitrogens with zero attached hydrogens (tertiary/aromatic N) is 2. The third-order valence-corrected chi connectivity index (χ3v) is 1.36. The number of aromatic nitrogens is 2. The van der Waals surface area contributed by atoms with Gasteiger partial charge in [-0.25, -0.2) is 0 Å². The van der Waals surface area contributed by atoms with Crippen LogP contribution < -0.4 is 11.5 Å². The summed E-state index contributed by atoms with van der Waals surface area (Å²) in [5.74, 6) is 0.540. The molecule has 0 aliphatic carbocycles. The molecule has 0 unspecified atom stereocenters. The zero-order chi connectivity index (χ0) is 9.14. The lowest BCUT2D eigenvalue weighted by atomic mass is 10.3. The molecule has 0 aromatic carbocycles. The van der Waals surface area contributed by atoms with E-state index in [-0.39, 0.29) is 18.5 Å². The van der Waals surface area contributed by atoms with Gasteiger partial charge in [0.15, 0.2) is 0 Å². The van der Waals surface area contributed by atoms with Crippen molar-refractivity contribution in [1.82, 2.24) is 10.2 Å². The van der Waals surface area contributed by atoms with Crippen LogP contribution in [0.3, 0.4) is 0 Å². The molecule has 1 heterocycles. The summed E-state index contributed by atoms with van der Waals surface area (Å²) >= 11 is 0. The van der Waals surface area contributed by atoms with Gasteiger partial charge < -0.3 is 21.0 Å². The summed E-state index contributed by atoms with van der Waals surface area (Å²) in [7, 11) is 0. The van der Waals surface area contributed by atoms with Crippen LogP contribution >= 0.6 is 0 Å². The molecule has 0 spiro atoms. The van der Waals surface area contributed by atoms with E-state index in [4.69, 9.17) is 21.0 Å². The van der Waals surface area contributed by atoms with Crippen molar-refractivity contribution in [3.8, 4) is 0 Å². The quantitative estimate of drug-likeness (QED) is 0.543. The molecule has 0 aliphatic heterocycles. The molecule has 68 valence electrons. The summed E-state index contributed by atoms with van der Waals surface area (Å²) in [6, 6.07) is -0.929. The SMILES string of the molecule is C[C@H](N)c1nnc([C@@H](N)CO)o1. The Bertz CT molecular complexity index is 247. The maximum Gasteiger partial charge on any atom is 0.235 e. The molecule has 0 saturated carbocycles. The molecule has 0 aliphatic rings. The van der Waals surface area contributed by atoms with Gasteiger partial charge in [-0.3, -0.25) is 0 Å². The third-order valence-electron chi connectivity index (χ3n) is 1.36. The molecular weight excluding hydrogens is 160 g/mol. The molecule has 0 bridgehead atoms. The van der Waals surface area contributed by atoms with Crippen molar-refractivity contribution in [2.45, 2.75) is 19.0 Å². The van der Waals surface area contributed by atoms with E-state index >= 15 is 0 Å². The first-order valence-corrected chi connectivity index (χ1v) is 3.60. The zero-order valence-corrected chi connectivity index (χ0v) is 6.77. The highest BCUT2D eigenvalue weighted by atomic mass is 16.4. The predicted molar refractivity (Wildman–Crippen MR) is 40.9 cm³/mol. The number of aliphatic hydroxyl groups is 1. The standard InChI is InChI=1S/C6H12N4O2/c1-3(7)5-9-10-6(12-5)4(8)2-11/h3-4,11H,2,7-8H2,1H3/t3-,4-/m0/s1. The van der Waals surface area contributed by atoms with Crippen molar-refractivity contribution in [3.05, 3.63) is 11.8 Å². The van der Waals surface area contributed by atoms with Crippen LogP contribution in [0.25, 0.3) is 0 Å². The highest BCUT2D eigenvalue weighted by Crippen LogP contribution is 2.11. The van der Waals surface area contributed by atoms with Crippen molar-refractivity contribution in [2.24, 2.45) is 11.5 Å². The van der Waals surface area contributed by atoms with Crippen molar-refractivity contribution >= 4 is 0 Å². The van der Waals surface area contributed by atoms with E-state index in [1.165, 1.54) is 0 Å². The Morgan fingerprint density at radius 1 is 1.42 bits per heavy atom. The van der Waals surface area contributed by atoms with Gasteiger partial charge in [0.2, 0.25) is 11.8 Å². The summed E-state index contributed by atoms with van der Waals surface area (Å²) in [5, 5.41) is 15.9. The average molecular weight is 172 g/mol. The maximum atomic E-state index is 8.65. The minimum Gasteiger partial charge on any atom is -0.422 e. The smallest absolute Gasteiger partial charge is 0.235 e. The van der Waals surface area contributed by atoms with Crippen LogP contribution in [0.15, 0.2) is 4.42 Å². The average Bonchev–Trinajstić information content (AvgIpc) is 2.51. The van der Waals surface area contributed by atoms with Gasteiger partial charge in [0.05, 0.1) is 12.6 Å². The summed E-state index contributed by atoms with van der Waals surface area (Å²) in [6.45, 7) is 1.50. The second-order valence-corrected chi connectivity index (χ2v) is 2.56. The van der Waals surface area contributed by atoms with Crippen LogP contribution in [0.4, 0.5) is 0 Å². The van der Waals surface area contributed by atoms with Crippen LogP contribution in [0, 0.1) is 0 Å². The van der Waals surface area contributed by atoms with Gasteiger partial charge in [-0.1, -0.05) is 0 Å². The van der Waals surface area contributed by atoms with Crippen LogP contribution in [-0.4, -0.2) is 21.9 Å². The topological polar surface area (TPSA) is 111 Å². The van der Waals surface area contributed by atoms with Gasteiger partial charge in [-0.2, -0.15) is 0 Å². The monoisotopic (exact) mass is 172 g/mol. The second kappa shape index (κ2) is 3.61. The summed E-state index contributed by atoms with van der Waals surface area (Å²) in [6.07, 6.45) is 0. The van der Waals surface area contributed by atoms with Gasteiger partial charge in [0.1, 0.15) is 6.04 Å². The Kier molecular flexibility index (Phi) is 2.74. The summed E-state index contributed by atoms with van der Waals surface area (Å²) in [5.41, 5.74) is 10.9. The molecule has 0 amide bonds. The van der Waals surface area contributed by atoms with E-state index < -0.39 is 6.04 Å². The Balaban J connectivity index is 2.77. The van der Waals surface area contributed by atoms with Crippen LogP contribution in [-0.2, 0) is 0 Å². The molecule has 6 heteroatoms. The molecule has 0 saturated heterocycles. The first kappa shape index (κ1) is 9.11. The lowest BCUT2D eigenvalue weighted by molar-refractivity contribution is 0.245. The number of hydrogen-bond donors (Lipinski definition) is 3. The van der Waals surface area contributed by atoms with Gasteiger partial charge in [0.25, 0.3) is 0 Å². The Morgan fingerprint density at radius 2 is 2.00 bits per heavy atom. The number of hydrogen-bond acceptors (Lipinski definition) is 6. The third kappa shape index (κ3) is 1.79. The van der Waals surface area contributed by atoms with Crippen molar-refractivity contribution < 1.29 is 9.52 Å². The number of aliphatic hydroxyl groups excluding tert-OH is 1. The second-order valence-electron chi connectivity index (χ2n) is 2.56. The van der Waals surface area contributed by atoms with Gasteiger partial charge in [0, 0.05) is 0 Å². The number of nitrogens with two attached hydrogens (primary N) is 2. The first-order valence-electron chi connectivity index (χ1n) is 3.60. The maximum absolute atomic E-state index is 8.65. The molecule has 1 aromatic rings. The minimum atomic E-state index is -0.620. The fraction of sp³-hybridized carbons (Fsp3) is 0.667. The van der Waals surface area contributed by atoms with Gasteiger partial charge >= 0.3 is 0 Å². The molecule has 12 heavy (non-hydrogen) atoms. The van der Waals surface area contributed by atoms with Gasteiger partial charge in [-0.15, -0.1) is 10.2 Å². The largest absolute Gasteiger partial charge is 0.422 e. The van der Waals surface area contributed by atoms with Crippen LogP contribution in [0.2, 0.25) is 0 Å². The van der Waals surface area contributed by atoms with Crippen LogP contribution in [0.1, 0.15) is 30.8 Å². The highest BCUT2D eigenvalue weighted by Gasteiger charge is 2.14. The molecular formula is C6H12N4O2. The minimum absolute atomic E-state index is 0.213. The van der Waals surface area contributed by atoms with E-state index in [2.05, 4.69) is 10.2 Å². The first-order chi connectivity index (χ1) is 5.65. The molecule has 1 rings (SSSR count). The van der Waals surface area contributed by atoms with Crippen molar-refractivity contribution in [3.63, 3.8) is 0 Å². The lowest BCUT2D eigenvalue weighted by Gasteiger charge is -2.00. The Labute approximate surface area is 69.6 Å². The van der Waals surface area contributed by atoms with E-state index in [1.54, 1.807) is 6.92 Å². The molecule has 2 atom stereocenters. The lowest BCUT2D eigenvalue weighted by Crippen LogP contribution is -2.14. The van der Waals surface area contributed by atoms with Gasteiger partial charge in [-0.05, 0) is 6.92 Å².